The van der Waals surface area contributed by atoms with Crippen LogP contribution in [0.3, 0.4) is 0 Å². The number of nitro groups is 1. The van der Waals surface area contributed by atoms with Gasteiger partial charge < -0.3 is 5.32 Å². The topological polar surface area (TPSA) is 90.1 Å². The van der Waals surface area contributed by atoms with Crippen LogP contribution in [0.15, 0.2) is 0 Å². The summed E-state index contributed by atoms with van der Waals surface area (Å²) in [5.74, 6) is 3.42. The zero-order valence-electron chi connectivity index (χ0n) is 14.2. The number of amides is 1. The summed E-state index contributed by atoms with van der Waals surface area (Å²) >= 11 is 0. The van der Waals surface area contributed by atoms with Crippen LogP contribution >= 0.6 is 0 Å². The Bertz CT molecular complexity index is 668. The lowest BCUT2D eigenvalue weighted by atomic mass is 9.52. The first-order chi connectivity index (χ1) is 11.4. The highest BCUT2D eigenvalue weighted by Gasteiger charge is 2.48. The lowest BCUT2D eigenvalue weighted by Gasteiger charge is -2.54. The highest BCUT2D eigenvalue weighted by atomic mass is 16.6. The molecule has 4 aliphatic rings. The molecule has 4 fully saturated rings. The van der Waals surface area contributed by atoms with Crippen LogP contribution < -0.4 is 5.32 Å². The average Bonchev–Trinajstić information content (AvgIpc) is 2.80. The van der Waals surface area contributed by atoms with E-state index >= 15 is 0 Å². The molecule has 7 nitrogen and oxygen atoms in total. The smallest absolute Gasteiger partial charge is 0.322 e. The van der Waals surface area contributed by atoms with E-state index < -0.39 is 4.92 Å². The first-order valence-corrected chi connectivity index (χ1v) is 8.90. The number of nitrogens with zero attached hydrogens (tertiary/aromatic N) is 3. The van der Waals surface area contributed by atoms with Crippen molar-refractivity contribution >= 4 is 11.6 Å². The van der Waals surface area contributed by atoms with Crippen molar-refractivity contribution in [3.63, 3.8) is 0 Å². The number of hydrogen-bond donors (Lipinski definition) is 1. The van der Waals surface area contributed by atoms with Gasteiger partial charge in [0.1, 0.15) is 5.69 Å². The maximum atomic E-state index is 12.6. The molecule has 1 heterocycles. The molecule has 1 amide bonds. The molecule has 1 N–H and O–H groups in total. The Morgan fingerprint density at radius 3 is 2.38 bits per heavy atom. The van der Waals surface area contributed by atoms with Crippen molar-refractivity contribution in [2.45, 2.75) is 39.0 Å². The van der Waals surface area contributed by atoms with Crippen molar-refractivity contribution in [2.24, 2.45) is 36.6 Å². The molecular weight excluding hydrogens is 308 g/mol. The predicted octanol–water partition coefficient (Wildman–Crippen LogP) is 2.44. The Labute approximate surface area is 140 Å². The first-order valence-electron chi connectivity index (χ1n) is 8.90. The molecule has 1 aromatic heterocycles. The summed E-state index contributed by atoms with van der Waals surface area (Å²) in [4.78, 5) is 23.3. The van der Waals surface area contributed by atoms with Crippen LogP contribution in [-0.2, 0) is 7.05 Å². The first kappa shape index (κ1) is 15.6. The molecule has 7 heteroatoms. The van der Waals surface area contributed by atoms with Crippen LogP contribution in [0, 0.1) is 46.6 Å². The van der Waals surface area contributed by atoms with Crippen LogP contribution in [0.1, 0.15) is 48.3 Å². The number of carbonyl (C=O) groups excluding carboxylic acids is 1. The van der Waals surface area contributed by atoms with Gasteiger partial charge in [0.2, 0.25) is 5.69 Å². The van der Waals surface area contributed by atoms with Gasteiger partial charge in [0.25, 0.3) is 5.91 Å². The van der Waals surface area contributed by atoms with E-state index in [1.165, 1.54) is 36.8 Å². The van der Waals surface area contributed by atoms with Gasteiger partial charge in [-0.05, 0) is 68.6 Å². The van der Waals surface area contributed by atoms with Gasteiger partial charge in [-0.25, -0.2) is 0 Å². The second-order valence-corrected chi connectivity index (χ2v) is 7.97. The van der Waals surface area contributed by atoms with Crippen molar-refractivity contribution in [2.75, 3.05) is 6.54 Å². The Kier molecular flexibility index (Phi) is 3.62. The molecule has 0 aromatic carbocycles. The van der Waals surface area contributed by atoms with E-state index in [4.69, 9.17) is 0 Å². The van der Waals surface area contributed by atoms with E-state index in [1.807, 2.05) is 0 Å². The van der Waals surface area contributed by atoms with Gasteiger partial charge in [-0.2, -0.15) is 5.10 Å². The fourth-order valence-electron chi connectivity index (χ4n) is 5.79. The molecule has 0 radical (unpaired) electrons. The maximum absolute atomic E-state index is 12.6. The molecule has 4 saturated carbocycles. The average molecular weight is 332 g/mol. The van der Waals surface area contributed by atoms with Crippen LogP contribution in [0.5, 0.6) is 0 Å². The number of aromatic nitrogens is 2. The van der Waals surface area contributed by atoms with Crippen molar-refractivity contribution in [1.82, 2.24) is 15.1 Å². The minimum absolute atomic E-state index is 0.0568. The van der Waals surface area contributed by atoms with Crippen LogP contribution in [0.25, 0.3) is 0 Å². The highest BCUT2D eigenvalue weighted by molar-refractivity contribution is 5.96. The number of nitrogens with one attached hydrogen (secondary N) is 1. The maximum Gasteiger partial charge on any atom is 0.322 e. The summed E-state index contributed by atoms with van der Waals surface area (Å²) in [5.41, 5.74) is 0.156. The van der Waals surface area contributed by atoms with E-state index in [1.54, 1.807) is 14.0 Å². The van der Waals surface area contributed by atoms with Crippen molar-refractivity contribution in [3.05, 3.63) is 21.5 Å². The minimum Gasteiger partial charge on any atom is -0.350 e. The Morgan fingerprint density at radius 2 is 1.83 bits per heavy atom. The van der Waals surface area contributed by atoms with Crippen LogP contribution in [-0.4, -0.2) is 27.2 Å². The summed E-state index contributed by atoms with van der Waals surface area (Å²) in [7, 11) is 1.58. The largest absolute Gasteiger partial charge is 0.350 e. The second kappa shape index (κ2) is 5.57. The molecule has 0 spiro atoms. The monoisotopic (exact) mass is 332 g/mol. The molecule has 0 atom stereocenters. The lowest BCUT2D eigenvalue weighted by Crippen LogP contribution is -2.49. The molecule has 1 aromatic rings. The van der Waals surface area contributed by atoms with Gasteiger partial charge in [-0.3, -0.25) is 19.6 Å². The second-order valence-electron chi connectivity index (χ2n) is 7.97. The van der Waals surface area contributed by atoms with Gasteiger partial charge in [-0.1, -0.05) is 0 Å². The van der Waals surface area contributed by atoms with E-state index in [2.05, 4.69) is 10.4 Å². The van der Waals surface area contributed by atoms with Gasteiger partial charge in [0.15, 0.2) is 0 Å². The molecule has 0 unspecified atom stereocenters. The van der Waals surface area contributed by atoms with Gasteiger partial charge in [0.05, 0.1) is 4.92 Å². The van der Waals surface area contributed by atoms with E-state index in [-0.39, 0.29) is 23.0 Å². The lowest BCUT2D eigenvalue weighted by molar-refractivity contribution is -0.385. The molecule has 24 heavy (non-hydrogen) atoms. The summed E-state index contributed by atoms with van der Waals surface area (Å²) in [6, 6.07) is 0. The molecular formula is C17H24N4O3. The third-order valence-electron chi connectivity index (χ3n) is 6.51. The summed E-state index contributed by atoms with van der Waals surface area (Å²) < 4.78 is 1.32. The van der Waals surface area contributed by atoms with Crippen molar-refractivity contribution < 1.29 is 9.72 Å². The summed E-state index contributed by atoms with van der Waals surface area (Å²) in [6.45, 7) is 2.20. The van der Waals surface area contributed by atoms with Crippen LogP contribution in [0.2, 0.25) is 0 Å². The fourth-order valence-corrected chi connectivity index (χ4v) is 5.79. The summed E-state index contributed by atoms with van der Waals surface area (Å²) in [5, 5.41) is 18.2. The zero-order chi connectivity index (χ0) is 17.0. The van der Waals surface area contributed by atoms with E-state index in [9.17, 15) is 14.9 Å². The van der Waals surface area contributed by atoms with E-state index in [0.29, 0.717) is 12.5 Å². The third-order valence-corrected chi connectivity index (χ3v) is 6.51. The molecule has 5 rings (SSSR count). The third kappa shape index (κ3) is 2.41. The molecule has 4 aliphatic carbocycles. The Morgan fingerprint density at radius 1 is 1.25 bits per heavy atom. The molecule has 130 valence electrons. The molecule has 0 saturated heterocycles. The SMILES string of the molecule is Cc1nn(C)c(C(=O)NCC2C3CC4CC(C3)CC2C4)c1[N+](=O)[O-]. The Hall–Kier alpha value is -1.92. The number of aryl methyl sites for hydroxylation is 2. The predicted molar refractivity (Wildman–Crippen MR) is 87.5 cm³/mol. The van der Waals surface area contributed by atoms with Crippen molar-refractivity contribution in [3.8, 4) is 0 Å². The normalized spacial score (nSPS) is 33.7. The quantitative estimate of drug-likeness (QED) is 0.677. The van der Waals surface area contributed by atoms with Crippen molar-refractivity contribution in [1.29, 1.82) is 0 Å². The van der Waals surface area contributed by atoms with Gasteiger partial charge in [0, 0.05) is 13.6 Å². The number of carbonyl (C=O) groups is 1. The standard InChI is InChI=1S/C17H24N4O3/c1-9-15(21(23)24)16(20(2)19-9)17(22)18-8-14-12-4-10-3-11(6-12)7-13(14)5-10/h10-14H,3-8H2,1-2H3,(H,18,22). The van der Waals surface area contributed by atoms with Gasteiger partial charge in [-0.15, -0.1) is 0 Å². The zero-order valence-corrected chi connectivity index (χ0v) is 14.2. The molecule has 4 bridgehead atoms. The van der Waals surface area contributed by atoms with Gasteiger partial charge >= 0.3 is 5.69 Å². The molecule has 0 aliphatic heterocycles. The van der Waals surface area contributed by atoms with Crippen LogP contribution in [0.4, 0.5) is 5.69 Å². The Balaban J connectivity index is 1.47. The number of hydrogen-bond acceptors (Lipinski definition) is 4. The number of rotatable bonds is 4. The highest BCUT2D eigenvalue weighted by Crippen LogP contribution is 2.56. The fraction of sp³-hybridized carbons (Fsp3) is 0.765. The minimum atomic E-state index is -0.514. The van der Waals surface area contributed by atoms with E-state index in [0.717, 1.165) is 23.7 Å². The summed E-state index contributed by atoms with van der Waals surface area (Å²) in [6.07, 6.45) is 6.63.